The summed E-state index contributed by atoms with van der Waals surface area (Å²) in [6, 6.07) is 0. The number of hydrogen-bond acceptors (Lipinski definition) is 4. The van der Waals surface area contributed by atoms with Crippen molar-refractivity contribution in [2.45, 2.75) is 32.6 Å². The predicted molar refractivity (Wildman–Crippen MR) is 62.7 cm³/mol. The third-order valence-electron chi connectivity index (χ3n) is 3.10. The van der Waals surface area contributed by atoms with Crippen LogP contribution in [0.4, 0.5) is 0 Å². The van der Waals surface area contributed by atoms with Crippen molar-refractivity contribution in [3.8, 4) is 0 Å². The molecule has 2 unspecified atom stereocenters. The molecule has 1 amide bonds. The van der Waals surface area contributed by atoms with E-state index in [0.29, 0.717) is 19.4 Å². The van der Waals surface area contributed by atoms with Crippen molar-refractivity contribution in [2.24, 2.45) is 11.8 Å². The fourth-order valence-electron chi connectivity index (χ4n) is 2.22. The van der Waals surface area contributed by atoms with Gasteiger partial charge in [-0.15, -0.1) is 0 Å². The van der Waals surface area contributed by atoms with Crippen LogP contribution in [0.15, 0.2) is 0 Å². The summed E-state index contributed by atoms with van der Waals surface area (Å²) in [5, 5.41) is 11.6. The van der Waals surface area contributed by atoms with Crippen LogP contribution in [0, 0.1) is 11.8 Å². The van der Waals surface area contributed by atoms with E-state index in [-0.39, 0.29) is 24.8 Å². The molecule has 1 saturated carbocycles. The molecular formula is C12H19NO5. The van der Waals surface area contributed by atoms with Crippen molar-refractivity contribution in [1.82, 2.24) is 5.32 Å². The Bertz CT molecular complexity index is 328. The Hall–Kier alpha value is -1.59. The molecule has 2 N–H and O–H groups in total. The van der Waals surface area contributed by atoms with Gasteiger partial charge in [-0.2, -0.15) is 0 Å². The fourth-order valence-corrected chi connectivity index (χ4v) is 2.22. The standard InChI is InChI=1S/C12H19NO5/c1-2-18-10(14)6-7-13-11(15)8-4-3-5-9(8)12(16)17/h8-9H,2-7H2,1H3,(H,13,15)(H,16,17). The summed E-state index contributed by atoms with van der Waals surface area (Å²) in [6.45, 7) is 2.23. The first-order valence-corrected chi connectivity index (χ1v) is 6.22. The molecule has 0 bridgehead atoms. The molecule has 0 spiro atoms. The molecule has 0 saturated heterocycles. The van der Waals surface area contributed by atoms with Gasteiger partial charge in [-0.1, -0.05) is 6.42 Å². The molecule has 0 aromatic heterocycles. The van der Waals surface area contributed by atoms with Gasteiger partial charge in [0.25, 0.3) is 0 Å². The first-order valence-electron chi connectivity index (χ1n) is 6.22. The van der Waals surface area contributed by atoms with Crippen molar-refractivity contribution in [3.05, 3.63) is 0 Å². The molecule has 1 aliphatic rings. The van der Waals surface area contributed by atoms with Crippen LogP contribution in [-0.2, 0) is 19.1 Å². The second kappa shape index (κ2) is 6.98. The molecule has 18 heavy (non-hydrogen) atoms. The van der Waals surface area contributed by atoms with Gasteiger partial charge >= 0.3 is 11.9 Å². The molecule has 1 fully saturated rings. The van der Waals surface area contributed by atoms with Gasteiger partial charge in [-0.05, 0) is 19.8 Å². The zero-order chi connectivity index (χ0) is 13.5. The third kappa shape index (κ3) is 4.01. The number of rotatable bonds is 6. The Morgan fingerprint density at radius 1 is 1.28 bits per heavy atom. The maximum absolute atomic E-state index is 11.8. The lowest BCUT2D eigenvalue weighted by Gasteiger charge is -2.15. The molecule has 2 atom stereocenters. The van der Waals surface area contributed by atoms with Crippen LogP contribution in [0.1, 0.15) is 32.6 Å². The van der Waals surface area contributed by atoms with Gasteiger partial charge in [0.1, 0.15) is 0 Å². The largest absolute Gasteiger partial charge is 0.481 e. The highest BCUT2D eigenvalue weighted by Crippen LogP contribution is 2.31. The van der Waals surface area contributed by atoms with Gasteiger partial charge < -0.3 is 15.2 Å². The maximum Gasteiger partial charge on any atom is 0.307 e. The van der Waals surface area contributed by atoms with Crippen LogP contribution < -0.4 is 5.32 Å². The van der Waals surface area contributed by atoms with Gasteiger partial charge in [0.2, 0.25) is 5.91 Å². The Morgan fingerprint density at radius 3 is 2.56 bits per heavy atom. The SMILES string of the molecule is CCOC(=O)CCNC(=O)C1CCCC1C(=O)O. The summed E-state index contributed by atoms with van der Waals surface area (Å²) in [6.07, 6.45) is 2.02. The Balaban J connectivity index is 2.32. The normalized spacial score (nSPS) is 22.5. The maximum atomic E-state index is 11.8. The van der Waals surface area contributed by atoms with E-state index >= 15 is 0 Å². The topological polar surface area (TPSA) is 92.7 Å². The Morgan fingerprint density at radius 2 is 1.94 bits per heavy atom. The first-order chi connectivity index (χ1) is 8.56. The number of ether oxygens (including phenoxy) is 1. The number of carboxylic acid groups (broad SMARTS) is 1. The molecule has 0 aromatic rings. The number of nitrogens with one attached hydrogen (secondary N) is 1. The second-order valence-corrected chi connectivity index (χ2v) is 4.33. The van der Waals surface area contributed by atoms with Crippen LogP contribution in [-0.4, -0.2) is 36.1 Å². The van der Waals surface area contributed by atoms with Crippen LogP contribution >= 0.6 is 0 Å². The molecule has 6 heteroatoms. The zero-order valence-electron chi connectivity index (χ0n) is 10.5. The van der Waals surface area contributed by atoms with Crippen LogP contribution in [0.25, 0.3) is 0 Å². The monoisotopic (exact) mass is 257 g/mol. The highest BCUT2D eigenvalue weighted by molar-refractivity contribution is 5.85. The lowest BCUT2D eigenvalue weighted by molar-refractivity contribution is -0.146. The molecule has 0 aromatic carbocycles. The summed E-state index contributed by atoms with van der Waals surface area (Å²) < 4.78 is 4.72. The van der Waals surface area contributed by atoms with Crippen LogP contribution in [0.3, 0.4) is 0 Å². The molecule has 0 radical (unpaired) electrons. The summed E-state index contributed by atoms with van der Waals surface area (Å²) in [4.78, 5) is 33.8. The number of aliphatic carboxylic acids is 1. The second-order valence-electron chi connectivity index (χ2n) is 4.33. The fraction of sp³-hybridized carbons (Fsp3) is 0.750. The quantitative estimate of drug-likeness (QED) is 0.678. The van der Waals surface area contributed by atoms with E-state index in [1.807, 2.05) is 0 Å². The van der Waals surface area contributed by atoms with E-state index < -0.39 is 17.8 Å². The van der Waals surface area contributed by atoms with Crippen molar-refractivity contribution < 1.29 is 24.2 Å². The van der Waals surface area contributed by atoms with Gasteiger partial charge in [-0.25, -0.2) is 0 Å². The molecule has 6 nitrogen and oxygen atoms in total. The number of carboxylic acids is 1. The lowest BCUT2D eigenvalue weighted by atomic mass is 9.95. The average molecular weight is 257 g/mol. The zero-order valence-corrected chi connectivity index (χ0v) is 10.5. The number of hydrogen-bond donors (Lipinski definition) is 2. The Labute approximate surface area is 106 Å². The van der Waals surface area contributed by atoms with E-state index in [1.165, 1.54) is 0 Å². The number of esters is 1. The predicted octanol–water partition coefficient (Wildman–Crippen LogP) is 0.557. The van der Waals surface area contributed by atoms with E-state index in [2.05, 4.69) is 5.32 Å². The van der Waals surface area contributed by atoms with E-state index in [0.717, 1.165) is 6.42 Å². The first kappa shape index (κ1) is 14.5. The Kier molecular flexibility index (Phi) is 5.61. The lowest BCUT2D eigenvalue weighted by Crippen LogP contribution is -2.36. The minimum atomic E-state index is -0.918. The van der Waals surface area contributed by atoms with Crippen molar-refractivity contribution in [1.29, 1.82) is 0 Å². The average Bonchev–Trinajstić information content (AvgIpc) is 2.78. The van der Waals surface area contributed by atoms with Gasteiger partial charge in [0.15, 0.2) is 0 Å². The van der Waals surface area contributed by atoms with E-state index in [4.69, 9.17) is 9.84 Å². The van der Waals surface area contributed by atoms with Crippen LogP contribution in [0.5, 0.6) is 0 Å². The third-order valence-corrected chi connectivity index (χ3v) is 3.10. The van der Waals surface area contributed by atoms with Crippen molar-refractivity contribution in [3.63, 3.8) is 0 Å². The number of carbonyl (C=O) groups excluding carboxylic acids is 2. The number of carbonyl (C=O) groups is 3. The number of amides is 1. The van der Waals surface area contributed by atoms with E-state index in [1.54, 1.807) is 6.92 Å². The highest BCUT2D eigenvalue weighted by Gasteiger charge is 2.37. The van der Waals surface area contributed by atoms with Crippen LogP contribution in [0.2, 0.25) is 0 Å². The molecule has 102 valence electrons. The van der Waals surface area contributed by atoms with Gasteiger partial charge in [0.05, 0.1) is 24.9 Å². The molecule has 1 aliphatic carbocycles. The summed E-state index contributed by atoms with van der Waals surface area (Å²) in [5.74, 6) is -2.61. The van der Waals surface area contributed by atoms with Crippen molar-refractivity contribution >= 4 is 17.8 Å². The summed E-state index contributed by atoms with van der Waals surface area (Å²) in [7, 11) is 0. The molecule has 1 rings (SSSR count). The summed E-state index contributed by atoms with van der Waals surface area (Å²) >= 11 is 0. The van der Waals surface area contributed by atoms with Crippen molar-refractivity contribution in [2.75, 3.05) is 13.2 Å². The smallest absolute Gasteiger partial charge is 0.307 e. The highest BCUT2D eigenvalue weighted by atomic mass is 16.5. The van der Waals surface area contributed by atoms with E-state index in [9.17, 15) is 14.4 Å². The molecule has 0 aliphatic heterocycles. The van der Waals surface area contributed by atoms with Gasteiger partial charge in [0, 0.05) is 6.54 Å². The molecule has 0 heterocycles. The minimum Gasteiger partial charge on any atom is -0.481 e. The van der Waals surface area contributed by atoms with Gasteiger partial charge in [-0.3, -0.25) is 14.4 Å². The minimum absolute atomic E-state index is 0.115. The molecular weight excluding hydrogens is 238 g/mol. The summed E-state index contributed by atoms with van der Waals surface area (Å²) in [5.41, 5.74) is 0.